The van der Waals surface area contributed by atoms with Crippen molar-refractivity contribution in [3.05, 3.63) is 11.6 Å². The Labute approximate surface area is 174 Å². The molecular weight excluding hydrogens is 340 g/mol. The number of aliphatic hydroxyl groups excluding tert-OH is 1. The highest BCUT2D eigenvalue weighted by Gasteiger charge is 2.59. The zero-order valence-electron chi connectivity index (χ0n) is 19.3. The minimum absolute atomic E-state index is 0.0766. The SMILES string of the molecule is CC(C)CCCC(C)[C@H]1CC[C@H]2[C@@H]3CC=C4C[C@@H](O)CC[C@]4(C)C3CC[C@]12C. The number of fused-ring (bicyclic) bond motifs is 5. The Morgan fingerprint density at radius 2 is 1.79 bits per heavy atom. The van der Waals surface area contributed by atoms with E-state index in [0.29, 0.717) is 10.8 Å². The van der Waals surface area contributed by atoms with Gasteiger partial charge in [0.1, 0.15) is 0 Å². The number of aliphatic hydroxyl groups is 1. The summed E-state index contributed by atoms with van der Waals surface area (Å²) in [5, 5.41) is 10.2. The van der Waals surface area contributed by atoms with E-state index in [9.17, 15) is 5.11 Å². The molecule has 160 valence electrons. The van der Waals surface area contributed by atoms with Crippen LogP contribution in [0.25, 0.3) is 0 Å². The van der Waals surface area contributed by atoms with Crippen molar-refractivity contribution in [3.8, 4) is 0 Å². The second-order valence-corrected chi connectivity index (χ2v) is 12.2. The maximum atomic E-state index is 10.2. The summed E-state index contributed by atoms with van der Waals surface area (Å²) in [5.74, 6) is 5.46. The van der Waals surface area contributed by atoms with E-state index in [1.807, 2.05) is 0 Å². The van der Waals surface area contributed by atoms with E-state index in [0.717, 1.165) is 48.3 Å². The number of hydrogen-bond donors (Lipinski definition) is 1. The Morgan fingerprint density at radius 3 is 2.54 bits per heavy atom. The van der Waals surface area contributed by atoms with Crippen LogP contribution in [0.3, 0.4) is 0 Å². The van der Waals surface area contributed by atoms with Gasteiger partial charge >= 0.3 is 0 Å². The lowest BCUT2D eigenvalue weighted by atomic mass is 9.47. The molecule has 0 bridgehead atoms. The molecule has 1 N–H and O–H groups in total. The zero-order valence-corrected chi connectivity index (χ0v) is 19.3. The third-order valence-corrected chi connectivity index (χ3v) is 10.3. The van der Waals surface area contributed by atoms with Gasteiger partial charge in [-0.1, -0.05) is 65.5 Å². The van der Waals surface area contributed by atoms with Crippen molar-refractivity contribution >= 4 is 0 Å². The summed E-state index contributed by atoms with van der Waals surface area (Å²) >= 11 is 0. The molecule has 1 heteroatoms. The predicted octanol–water partition coefficient (Wildman–Crippen LogP) is 7.39. The summed E-state index contributed by atoms with van der Waals surface area (Å²) in [5.41, 5.74) is 2.60. The molecule has 4 rings (SSSR count). The van der Waals surface area contributed by atoms with Crippen LogP contribution in [0.2, 0.25) is 0 Å². The molecule has 0 radical (unpaired) electrons. The fourth-order valence-corrected chi connectivity index (χ4v) is 8.67. The molecule has 0 aromatic rings. The van der Waals surface area contributed by atoms with Crippen molar-refractivity contribution < 1.29 is 5.11 Å². The highest BCUT2D eigenvalue weighted by atomic mass is 16.3. The van der Waals surface area contributed by atoms with E-state index >= 15 is 0 Å². The van der Waals surface area contributed by atoms with Crippen LogP contribution in [-0.4, -0.2) is 11.2 Å². The maximum absolute atomic E-state index is 10.2. The Bertz CT molecular complexity index is 591. The zero-order chi connectivity index (χ0) is 20.1. The molecular formula is C27H46O. The quantitative estimate of drug-likeness (QED) is 0.488. The average molecular weight is 387 g/mol. The highest BCUT2D eigenvalue weighted by Crippen LogP contribution is 2.67. The van der Waals surface area contributed by atoms with Gasteiger partial charge in [0.05, 0.1) is 6.10 Å². The van der Waals surface area contributed by atoms with Crippen molar-refractivity contribution in [1.29, 1.82) is 0 Å². The lowest BCUT2D eigenvalue weighted by molar-refractivity contribution is -0.0573. The summed E-state index contributed by atoms with van der Waals surface area (Å²) in [7, 11) is 0. The summed E-state index contributed by atoms with van der Waals surface area (Å²) in [4.78, 5) is 0. The molecule has 2 unspecified atom stereocenters. The molecule has 0 spiro atoms. The Morgan fingerprint density at radius 1 is 1.00 bits per heavy atom. The molecule has 3 saturated carbocycles. The van der Waals surface area contributed by atoms with Crippen LogP contribution in [0.5, 0.6) is 0 Å². The molecule has 4 aliphatic carbocycles. The van der Waals surface area contributed by atoms with Gasteiger partial charge in [-0.15, -0.1) is 0 Å². The molecule has 28 heavy (non-hydrogen) atoms. The van der Waals surface area contributed by atoms with Gasteiger partial charge in [-0.05, 0) is 97.7 Å². The Kier molecular flexibility index (Phi) is 5.80. The lowest BCUT2D eigenvalue weighted by Crippen LogP contribution is -2.50. The first-order chi connectivity index (χ1) is 13.3. The highest BCUT2D eigenvalue weighted by molar-refractivity contribution is 5.25. The van der Waals surface area contributed by atoms with E-state index in [-0.39, 0.29) is 6.10 Å². The molecule has 3 fully saturated rings. The molecule has 0 aliphatic heterocycles. The van der Waals surface area contributed by atoms with Crippen molar-refractivity contribution in [2.24, 2.45) is 46.3 Å². The predicted molar refractivity (Wildman–Crippen MR) is 119 cm³/mol. The standard InChI is InChI=1S/C27H46O/c1-18(2)7-6-8-19(3)23-11-12-24-22-10-9-20-17-21(28)13-15-26(20,4)25(22)14-16-27(23,24)5/h9,18-19,21-25,28H,6-8,10-17H2,1-5H3/t19?,21-,22-,23+,24-,25?,26-,27+/m0/s1. The average Bonchev–Trinajstić information content (AvgIpc) is 2.99. The van der Waals surface area contributed by atoms with Gasteiger partial charge < -0.3 is 5.11 Å². The smallest absolute Gasteiger partial charge is 0.0577 e. The Balaban J connectivity index is 1.49. The molecule has 0 heterocycles. The van der Waals surface area contributed by atoms with E-state index in [1.54, 1.807) is 5.57 Å². The lowest BCUT2D eigenvalue weighted by Gasteiger charge is -2.58. The van der Waals surface area contributed by atoms with Crippen LogP contribution in [-0.2, 0) is 0 Å². The fraction of sp³-hybridized carbons (Fsp3) is 0.926. The number of hydrogen-bond acceptors (Lipinski definition) is 1. The Hall–Kier alpha value is -0.300. The van der Waals surface area contributed by atoms with Crippen LogP contribution >= 0.6 is 0 Å². The van der Waals surface area contributed by atoms with E-state index in [4.69, 9.17) is 0 Å². The minimum Gasteiger partial charge on any atom is -0.393 e. The van der Waals surface area contributed by atoms with Crippen molar-refractivity contribution in [2.45, 2.75) is 111 Å². The van der Waals surface area contributed by atoms with Crippen LogP contribution in [0.15, 0.2) is 11.6 Å². The third kappa shape index (κ3) is 3.42. The first-order valence-corrected chi connectivity index (χ1v) is 12.6. The van der Waals surface area contributed by atoms with Gasteiger partial charge in [-0.3, -0.25) is 0 Å². The molecule has 8 atom stereocenters. The van der Waals surface area contributed by atoms with Crippen molar-refractivity contribution in [3.63, 3.8) is 0 Å². The van der Waals surface area contributed by atoms with Gasteiger partial charge in [-0.2, -0.15) is 0 Å². The first-order valence-electron chi connectivity index (χ1n) is 12.6. The molecule has 4 aliphatic rings. The van der Waals surface area contributed by atoms with Crippen LogP contribution in [0.1, 0.15) is 105 Å². The van der Waals surface area contributed by atoms with Crippen molar-refractivity contribution in [1.82, 2.24) is 0 Å². The number of rotatable bonds is 5. The maximum Gasteiger partial charge on any atom is 0.0577 e. The largest absolute Gasteiger partial charge is 0.393 e. The second kappa shape index (κ2) is 7.75. The van der Waals surface area contributed by atoms with Gasteiger partial charge in [0.25, 0.3) is 0 Å². The van der Waals surface area contributed by atoms with E-state index in [1.165, 1.54) is 57.8 Å². The summed E-state index contributed by atoms with van der Waals surface area (Å²) in [6.45, 7) is 12.6. The van der Waals surface area contributed by atoms with Gasteiger partial charge in [0.15, 0.2) is 0 Å². The summed E-state index contributed by atoms with van der Waals surface area (Å²) < 4.78 is 0. The van der Waals surface area contributed by atoms with Gasteiger partial charge in [0.2, 0.25) is 0 Å². The molecule has 0 aromatic heterocycles. The normalized spacial score (nSPS) is 46.5. The van der Waals surface area contributed by atoms with E-state index < -0.39 is 0 Å². The van der Waals surface area contributed by atoms with Gasteiger partial charge in [0, 0.05) is 0 Å². The number of allylic oxidation sites excluding steroid dienone is 1. The summed E-state index contributed by atoms with van der Waals surface area (Å²) in [6.07, 6.45) is 17.2. The van der Waals surface area contributed by atoms with Crippen molar-refractivity contribution in [2.75, 3.05) is 0 Å². The molecule has 0 amide bonds. The second-order valence-electron chi connectivity index (χ2n) is 12.2. The van der Waals surface area contributed by atoms with Crippen LogP contribution in [0.4, 0.5) is 0 Å². The molecule has 1 nitrogen and oxygen atoms in total. The fourth-order valence-electron chi connectivity index (χ4n) is 8.67. The minimum atomic E-state index is -0.0766. The molecule has 0 aromatic carbocycles. The monoisotopic (exact) mass is 386 g/mol. The van der Waals surface area contributed by atoms with Crippen LogP contribution in [0, 0.1) is 46.3 Å². The van der Waals surface area contributed by atoms with E-state index in [2.05, 4.69) is 40.7 Å². The third-order valence-electron chi connectivity index (χ3n) is 10.3. The molecule has 0 saturated heterocycles. The first kappa shape index (κ1) is 21.0. The summed E-state index contributed by atoms with van der Waals surface area (Å²) in [6, 6.07) is 0. The van der Waals surface area contributed by atoms with Gasteiger partial charge in [-0.25, -0.2) is 0 Å². The topological polar surface area (TPSA) is 20.2 Å². The van der Waals surface area contributed by atoms with Crippen LogP contribution < -0.4 is 0 Å².